The van der Waals surface area contributed by atoms with Crippen LogP contribution in [0.25, 0.3) is 0 Å². The number of hydrogen-bond donors (Lipinski definition) is 0. The lowest BCUT2D eigenvalue weighted by Gasteiger charge is -2.47. The molecule has 1 aliphatic rings. The normalized spacial score (nSPS) is 22.0. The molecule has 0 aromatic heterocycles. The van der Waals surface area contributed by atoms with Crippen LogP contribution in [0.4, 0.5) is 0 Å². The molecule has 1 rings (SSSR count). The third-order valence-electron chi connectivity index (χ3n) is 2.02. The molecule has 0 radical (unpaired) electrons. The van der Waals surface area contributed by atoms with Gasteiger partial charge in [-0.05, 0) is 21.1 Å². The van der Waals surface area contributed by atoms with Gasteiger partial charge in [0.2, 0.25) is 0 Å². The van der Waals surface area contributed by atoms with Gasteiger partial charge >= 0.3 is 0 Å². The fourth-order valence-electron chi connectivity index (χ4n) is 1.83. The van der Waals surface area contributed by atoms with Gasteiger partial charge in [0, 0.05) is 19.6 Å². The molecule has 70 valence electrons. The minimum atomic E-state index is -0.250. The summed E-state index contributed by atoms with van der Waals surface area (Å²) in [6.07, 6.45) is 0. The Morgan fingerprint density at radius 3 is 2.50 bits per heavy atom. The Labute approximate surface area is 73.1 Å². The van der Waals surface area contributed by atoms with Crippen molar-refractivity contribution in [2.24, 2.45) is 0 Å². The second-order valence-electron chi connectivity index (χ2n) is 3.81. The molecular weight excluding hydrogens is 156 g/mol. The Morgan fingerprint density at radius 1 is 1.58 bits per heavy atom. The monoisotopic (exact) mass is 172 g/mol. The van der Waals surface area contributed by atoms with Gasteiger partial charge in [0.1, 0.15) is 5.60 Å². The summed E-state index contributed by atoms with van der Waals surface area (Å²) in [5.41, 5.74) is -0.250. The maximum absolute atomic E-state index is 10.2. The van der Waals surface area contributed by atoms with E-state index in [1.54, 1.807) is 0 Å². The Hall–Kier alpha value is -0.610. The maximum atomic E-state index is 10.2. The van der Waals surface area contributed by atoms with Gasteiger partial charge in [-0.15, -0.1) is 0 Å². The number of carbonyl (C=O) groups is 1. The van der Waals surface area contributed by atoms with E-state index >= 15 is 0 Å². The van der Waals surface area contributed by atoms with E-state index in [1.165, 1.54) is 0 Å². The molecule has 1 saturated heterocycles. The van der Waals surface area contributed by atoms with Crippen LogP contribution in [0.15, 0.2) is 0 Å². The van der Waals surface area contributed by atoms with Crippen molar-refractivity contribution in [3.05, 3.63) is 0 Å². The van der Waals surface area contributed by atoms with Crippen molar-refractivity contribution in [2.45, 2.75) is 5.60 Å². The van der Waals surface area contributed by atoms with E-state index in [4.69, 9.17) is 4.74 Å². The van der Waals surface area contributed by atoms with E-state index in [-0.39, 0.29) is 5.60 Å². The summed E-state index contributed by atoms with van der Waals surface area (Å²) in [6, 6.07) is 0. The number of nitrogens with zero attached hydrogens (tertiary/aromatic N) is 2. The molecule has 0 aromatic rings. The van der Waals surface area contributed by atoms with E-state index in [2.05, 4.69) is 4.90 Å². The standard InChI is InChI=1S/C8H16N2O2/c1-9(2)4-8(12-7-11)5-10(3)6-8/h7H,4-6H2,1-3H3. The highest BCUT2D eigenvalue weighted by atomic mass is 16.5. The van der Waals surface area contributed by atoms with Crippen LogP contribution in [-0.4, -0.2) is 62.7 Å². The predicted molar refractivity (Wildman–Crippen MR) is 45.9 cm³/mol. The summed E-state index contributed by atoms with van der Waals surface area (Å²) in [7, 11) is 5.98. The van der Waals surface area contributed by atoms with E-state index in [1.807, 2.05) is 26.0 Å². The lowest BCUT2D eigenvalue weighted by Crippen LogP contribution is -2.65. The first kappa shape index (κ1) is 9.48. The molecule has 1 aliphatic heterocycles. The minimum Gasteiger partial charge on any atom is -0.457 e. The summed E-state index contributed by atoms with van der Waals surface area (Å²) in [4.78, 5) is 14.4. The Kier molecular flexibility index (Phi) is 2.69. The summed E-state index contributed by atoms with van der Waals surface area (Å²) >= 11 is 0. The van der Waals surface area contributed by atoms with Crippen LogP contribution < -0.4 is 0 Å². The highest BCUT2D eigenvalue weighted by Gasteiger charge is 2.43. The molecule has 0 spiro atoms. The largest absolute Gasteiger partial charge is 0.457 e. The average molecular weight is 172 g/mol. The minimum absolute atomic E-state index is 0.250. The lowest BCUT2D eigenvalue weighted by atomic mass is 9.94. The van der Waals surface area contributed by atoms with Crippen LogP contribution in [0.1, 0.15) is 0 Å². The Morgan fingerprint density at radius 2 is 2.17 bits per heavy atom. The second kappa shape index (κ2) is 3.41. The molecule has 1 fully saturated rings. The van der Waals surface area contributed by atoms with Crippen molar-refractivity contribution in [1.29, 1.82) is 0 Å². The lowest BCUT2D eigenvalue weighted by molar-refractivity contribution is -0.165. The summed E-state index contributed by atoms with van der Waals surface area (Å²) < 4.78 is 5.08. The van der Waals surface area contributed by atoms with Crippen molar-refractivity contribution < 1.29 is 9.53 Å². The van der Waals surface area contributed by atoms with Crippen molar-refractivity contribution in [2.75, 3.05) is 40.8 Å². The molecule has 0 saturated carbocycles. The topological polar surface area (TPSA) is 32.8 Å². The van der Waals surface area contributed by atoms with Gasteiger partial charge in [0.15, 0.2) is 0 Å². The van der Waals surface area contributed by atoms with Gasteiger partial charge in [0.05, 0.1) is 0 Å². The summed E-state index contributed by atoms with van der Waals surface area (Å²) in [6.45, 7) is 3.03. The molecule has 0 bridgehead atoms. The maximum Gasteiger partial charge on any atom is 0.293 e. The third kappa shape index (κ3) is 1.95. The summed E-state index contributed by atoms with van der Waals surface area (Å²) in [5, 5.41) is 0. The molecule has 0 atom stereocenters. The fraction of sp³-hybridized carbons (Fsp3) is 0.875. The van der Waals surface area contributed by atoms with Gasteiger partial charge < -0.3 is 9.64 Å². The Balaban J connectivity index is 2.44. The second-order valence-corrected chi connectivity index (χ2v) is 3.81. The third-order valence-corrected chi connectivity index (χ3v) is 2.02. The van der Waals surface area contributed by atoms with E-state index in [0.29, 0.717) is 6.47 Å². The van der Waals surface area contributed by atoms with Crippen molar-refractivity contribution >= 4 is 6.47 Å². The predicted octanol–water partition coefficient (Wildman–Crippen LogP) is -0.595. The van der Waals surface area contributed by atoms with Crippen LogP contribution >= 0.6 is 0 Å². The number of carbonyl (C=O) groups excluding carboxylic acids is 1. The summed E-state index contributed by atoms with van der Waals surface area (Å²) in [5.74, 6) is 0. The quantitative estimate of drug-likeness (QED) is 0.530. The van der Waals surface area contributed by atoms with Gasteiger partial charge in [-0.3, -0.25) is 9.69 Å². The molecule has 12 heavy (non-hydrogen) atoms. The number of likely N-dealkylation sites (N-methyl/N-ethyl adjacent to an activating group) is 2. The average Bonchev–Trinajstić information content (AvgIpc) is 1.83. The van der Waals surface area contributed by atoms with E-state index in [9.17, 15) is 4.79 Å². The van der Waals surface area contributed by atoms with Gasteiger partial charge in [0.25, 0.3) is 6.47 Å². The SMILES string of the molecule is CN(C)CC1(OC=O)CN(C)C1. The molecule has 4 nitrogen and oxygen atoms in total. The fourth-order valence-corrected chi connectivity index (χ4v) is 1.83. The van der Waals surface area contributed by atoms with Crippen molar-refractivity contribution in [3.63, 3.8) is 0 Å². The molecular formula is C8H16N2O2. The molecule has 4 heteroatoms. The van der Waals surface area contributed by atoms with Gasteiger partial charge in [-0.1, -0.05) is 0 Å². The van der Waals surface area contributed by atoms with Crippen LogP contribution in [0.3, 0.4) is 0 Å². The first-order valence-corrected chi connectivity index (χ1v) is 4.03. The number of ether oxygens (including phenoxy) is 1. The zero-order valence-corrected chi connectivity index (χ0v) is 7.91. The first-order valence-electron chi connectivity index (χ1n) is 4.03. The number of rotatable bonds is 4. The highest BCUT2D eigenvalue weighted by molar-refractivity contribution is 5.39. The van der Waals surface area contributed by atoms with Gasteiger partial charge in [-0.2, -0.15) is 0 Å². The molecule has 1 heterocycles. The molecule has 0 aromatic carbocycles. The molecule has 0 amide bonds. The molecule has 0 N–H and O–H groups in total. The Bertz CT molecular complexity index is 164. The van der Waals surface area contributed by atoms with Crippen LogP contribution in [-0.2, 0) is 9.53 Å². The zero-order valence-electron chi connectivity index (χ0n) is 7.91. The molecule has 0 unspecified atom stereocenters. The number of hydrogen-bond acceptors (Lipinski definition) is 4. The highest BCUT2D eigenvalue weighted by Crippen LogP contribution is 2.23. The molecule has 0 aliphatic carbocycles. The smallest absolute Gasteiger partial charge is 0.293 e. The number of likely N-dealkylation sites (tertiary alicyclic amines) is 1. The zero-order chi connectivity index (χ0) is 9.19. The first-order chi connectivity index (χ1) is 5.58. The van der Waals surface area contributed by atoms with Gasteiger partial charge in [-0.25, -0.2) is 0 Å². The van der Waals surface area contributed by atoms with E-state index < -0.39 is 0 Å². The van der Waals surface area contributed by atoms with E-state index in [0.717, 1.165) is 19.6 Å². The van der Waals surface area contributed by atoms with Crippen LogP contribution in [0, 0.1) is 0 Å². The van der Waals surface area contributed by atoms with Crippen LogP contribution in [0.2, 0.25) is 0 Å². The van der Waals surface area contributed by atoms with Crippen molar-refractivity contribution in [3.8, 4) is 0 Å². The van der Waals surface area contributed by atoms with Crippen LogP contribution in [0.5, 0.6) is 0 Å². The van der Waals surface area contributed by atoms with Crippen molar-refractivity contribution in [1.82, 2.24) is 9.80 Å².